The van der Waals surface area contributed by atoms with Gasteiger partial charge in [0.05, 0.1) is 0 Å². The van der Waals surface area contributed by atoms with Crippen LogP contribution in [-0.2, 0) is 9.59 Å². The minimum Gasteiger partial charge on any atom is -0.353 e. The highest BCUT2D eigenvalue weighted by Crippen LogP contribution is 2.02. The average molecular weight is 358 g/mol. The molecule has 0 fully saturated rings. The van der Waals surface area contributed by atoms with Crippen molar-refractivity contribution in [2.75, 3.05) is 33.2 Å². The van der Waals surface area contributed by atoms with E-state index in [1.807, 2.05) is 0 Å². The zero-order chi connectivity index (χ0) is 19.1. The maximum Gasteiger partial charge on any atom is 0.242 e. The summed E-state index contributed by atoms with van der Waals surface area (Å²) in [4.78, 5) is 24.3. The van der Waals surface area contributed by atoms with E-state index in [-0.39, 0.29) is 11.8 Å². The third-order valence-corrected chi connectivity index (χ3v) is 3.70. The van der Waals surface area contributed by atoms with Gasteiger partial charge in [-0.05, 0) is 32.9 Å². The van der Waals surface area contributed by atoms with E-state index in [0.29, 0.717) is 38.0 Å². The van der Waals surface area contributed by atoms with Gasteiger partial charge in [-0.25, -0.2) is 0 Å². The van der Waals surface area contributed by atoms with Crippen LogP contribution < -0.4 is 26.6 Å². The molecule has 5 N–H and O–H groups in total. The van der Waals surface area contributed by atoms with E-state index in [1.54, 1.807) is 7.05 Å². The molecular weight excluding hydrogens is 318 g/mol. The maximum atomic E-state index is 12.4. The van der Waals surface area contributed by atoms with Gasteiger partial charge in [-0.1, -0.05) is 27.7 Å². The molecule has 0 radical (unpaired) electrons. The Bertz CT molecular complexity index is 361. The molecule has 25 heavy (non-hydrogen) atoms. The van der Waals surface area contributed by atoms with Gasteiger partial charge in [0.2, 0.25) is 11.8 Å². The predicted molar refractivity (Wildman–Crippen MR) is 104 cm³/mol. The normalized spacial score (nSPS) is 12.4. The van der Waals surface area contributed by atoms with Crippen LogP contribution in [0.15, 0.2) is 0 Å². The van der Waals surface area contributed by atoms with Gasteiger partial charge in [-0.15, -0.1) is 0 Å². The molecule has 0 aliphatic carbocycles. The summed E-state index contributed by atoms with van der Waals surface area (Å²) in [5.74, 6) is -0.185. The first-order valence-electron chi connectivity index (χ1n) is 9.55. The fourth-order valence-electron chi connectivity index (χ4n) is 2.31. The topological polar surface area (TPSA) is 94.3 Å². The molecule has 0 saturated carbocycles. The highest BCUT2D eigenvalue weighted by molar-refractivity contribution is 5.87. The fraction of sp³-hybridized carbons (Fsp3) is 0.889. The number of carbonyl (C=O) groups excluding carboxylic acids is 2. The molecule has 7 nitrogen and oxygen atoms in total. The zero-order valence-corrected chi connectivity index (χ0v) is 16.7. The van der Waals surface area contributed by atoms with Crippen LogP contribution in [0.3, 0.4) is 0 Å². The monoisotopic (exact) mass is 357 g/mol. The minimum atomic E-state index is -0.456. The molecule has 0 rings (SSSR count). The third-order valence-electron chi connectivity index (χ3n) is 3.70. The van der Waals surface area contributed by atoms with Gasteiger partial charge in [0, 0.05) is 38.1 Å². The summed E-state index contributed by atoms with van der Waals surface area (Å²) in [5.41, 5.74) is 0. The minimum absolute atomic E-state index is 0.0879. The second-order valence-corrected chi connectivity index (χ2v) is 6.98. The lowest BCUT2D eigenvalue weighted by Crippen LogP contribution is -2.48. The molecular formula is C18H39N5O2. The van der Waals surface area contributed by atoms with Crippen LogP contribution in [0.5, 0.6) is 0 Å². The largest absolute Gasteiger partial charge is 0.353 e. The highest BCUT2D eigenvalue weighted by atomic mass is 16.2. The van der Waals surface area contributed by atoms with Crippen molar-refractivity contribution in [3.63, 3.8) is 0 Å². The SMILES string of the molecule is CNCCC(=O)NC(CCCCNC(C)C)C(=O)NCCNC(C)C. The molecule has 0 aromatic rings. The predicted octanol–water partition coefficient (Wildman–Crippen LogP) is 0.363. The molecule has 0 spiro atoms. The van der Waals surface area contributed by atoms with Crippen LogP contribution in [0.1, 0.15) is 53.4 Å². The lowest BCUT2D eigenvalue weighted by molar-refractivity contribution is -0.129. The van der Waals surface area contributed by atoms with Crippen LogP contribution in [-0.4, -0.2) is 63.2 Å². The summed E-state index contributed by atoms with van der Waals surface area (Å²) in [6, 6.07) is 0.402. The van der Waals surface area contributed by atoms with Gasteiger partial charge in [-0.2, -0.15) is 0 Å². The first-order chi connectivity index (χ1) is 11.9. The van der Waals surface area contributed by atoms with Crippen molar-refractivity contribution < 1.29 is 9.59 Å². The third kappa shape index (κ3) is 14.8. The second kappa shape index (κ2) is 15.1. The van der Waals surface area contributed by atoms with Gasteiger partial charge < -0.3 is 26.6 Å². The van der Waals surface area contributed by atoms with E-state index in [9.17, 15) is 9.59 Å². The molecule has 0 saturated heterocycles. The Labute approximate surface area is 153 Å². The Morgan fingerprint density at radius 1 is 0.840 bits per heavy atom. The number of unbranched alkanes of at least 4 members (excludes halogenated alkanes) is 1. The van der Waals surface area contributed by atoms with Gasteiger partial charge >= 0.3 is 0 Å². The smallest absolute Gasteiger partial charge is 0.242 e. The molecule has 7 heteroatoms. The van der Waals surface area contributed by atoms with E-state index >= 15 is 0 Å². The van der Waals surface area contributed by atoms with E-state index in [2.05, 4.69) is 54.3 Å². The van der Waals surface area contributed by atoms with Crippen molar-refractivity contribution in [2.24, 2.45) is 0 Å². The average Bonchev–Trinajstić information content (AvgIpc) is 2.54. The maximum absolute atomic E-state index is 12.4. The summed E-state index contributed by atoms with van der Waals surface area (Å²) in [6.07, 6.45) is 2.93. The Kier molecular flexibility index (Phi) is 14.4. The van der Waals surface area contributed by atoms with Gasteiger partial charge in [0.25, 0.3) is 0 Å². The molecule has 0 aromatic heterocycles. The molecule has 0 bridgehead atoms. The molecule has 1 unspecified atom stereocenters. The number of nitrogens with one attached hydrogen (secondary N) is 5. The van der Waals surface area contributed by atoms with Crippen molar-refractivity contribution in [3.05, 3.63) is 0 Å². The Morgan fingerprint density at radius 3 is 2.08 bits per heavy atom. The first-order valence-corrected chi connectivity index (χ1v) is 9.55. The summed E-state index contributed by atoms with van der Waals surface area (Å²) in [6.45, 7) is 11.2. The molecule has 0 aliphatic rings. The fourth-order valence-corrected chi connectivity index (χ4v) is 2.31. The van der Waals surface area contributed by atoms with Gasteiger partial charge in [-0.3, -0.25) is 9.59 Å². The summed E-state index contributed by atoms with van der Waals surface area (Å²) >= 11 is 0. The number of hydrogen-bond donors (Lipinski definition) is 5. The zero-order valence-electron chi connectivity index (χ0n) is 16.7. The van der Waals surface area contributed by atoms with Crippen molar-refractivity contribution in [1.82, 2.24) is 26.6 Å². The van der Waals surface area contributed by atoms with Crippen LogP contribution >= 0.6 is 0 Å². The molecule has 148 valence electrons. The Hall–Kier alpha value is -1.18. The van der Waals surface area contributed by atoms with Crippen molar-refractivity contribution >= 4 is 11.8 Å². The van der Waals surface area contributed by atoms with E-state index in [4.69, 9.17) is 0 Å². The number of amides is 2. The first kappa shape index (κ1) is 23.8. The van der Waals surface area contributed by atoms with Crippen molar-refractivity contribution in [3.8, 4) is 0 Å². The van der Waals surface area contributed by atoms with Crippen LogP contribution in [0.4, 0.5) is 0 Å². The van der Waals surface area contributed by atoms with Crippen LogP contribution in [0.25, 0.3) is 0 Å². The summed E-state index contributed by atoms with van der Waals surface area (Å²) in [7, 11) is 1.81. The van der Waals surface area contributed by atoms with E-state index in [1.165, 1.54) is 0 Å². The number of rotatable bonds is 15. The second-order valence-electron chi connectivity index (χ2n) is 6.98. The summed E-state index contributed by atoms with van der Waals surface area (Å²) < 4.78 is 0. The van der Waals surface area contributed by atoms with E-state index < -0.39 is 6.04 Å². The number of carbonyl (C=O) groups is 2. The van der Waals surface area contributed by atoms with E-state index in [0.717, 1.165) is 25.9 Å². The summed E-state index contributed by atoms with van der Waals surface area (Å²) in [5, 5.41) is 15.4. The number of hydrogen-bond acceptors (Lipinski definition) is 5. The Balaban J connectivity index is 4.29. The standard InChI is InChI=1S/C18H39N5O2/c1-14(2)20-10-7-6-8-16(23-17(24)9-11-19-5)18(25)22-13-12-21-15(3)4/h14-16,19-21H,6-13H2,1-5H3,(H,22,25)(H,23,24). The van der Waals surface area contributed by atoms with Crippen LogP contribution in [0.2, 0.25) is 0 Å². The molecule has 0 heterocycles. The van der Waals surface area contributed by atoms with Crippen molar-refractivity contribution in [1.29, 1.82) is 0 Å². The highest BCUT2D eigenvalue weighted by Gasteiger charge is 2.19. The lowest BCUT2D eigenvalue weighted by Gasteiger charge is -2.19. The van der Waals surface area contributed by atoms with Gasteiger partial charge in [0.15, 0.2) is 0 Å². The van der Waals surface area contributed by atoms with Crippen molar-refractivity contribution in [2.45, 2.75) is 71.5 Å². The quantitative estimate of drug-likeness (QED) is 0.273. The molecule has 1 atom stereocenters. The van der Waals surface area contributed by atoms with Gasteiger partial charge in [0.1, 0.15) is 6.04 Å². The Morgan fingerprint density at radius 2 is 1.48 bits per heavy atom. The lowest BCUT2D eigenvalue weighted by atomic mass is 10.1. The molecule has 2 amide bonds. The molecule has 0 aliphatic heterocycles. The molecule has 0 aromatic carbocycles. The van der Waals surface area contributed by atoms with Crippen LogP contribution in [0, 0.1) is 0 Å².